The van der Waals surface area contributed by atoms with Crippen LogP contribution < -0.4 is 10.6 Å². The van der Waals surface area contributed by atoms with Crippen molar-refractivity contribution < 1.29 is 4.79 Å². The van der Waals surface area contributed by atoms with Gasteiger partial charge in [-0.15, -0.1) is 0 Å². The number of anilines is 2. The molecular formula is C20H24N6O. The van der Waals surface area contributed by atoms with Crippen LogP contribution in [0.2, 0.25) is 0 Å². The molecule has 7 heteroatoms. The highest BCUT2D eigenvalue weighted by molar-refractivity contribution is 5.95. The Hall–Kier alpha value is -3.22. The second-order valence-electron chi connectivity index (χ2n) is 6.70. The van der Waals surface area contributed by atoms with Gasteiger partial charge in [-0.25, -0.2) is 9.97 Å². The molecule has 0 spiro atoms. The molecule has 2 aromatic heterocycles. The lowest BCUT2D eigenvalue weighted by Crippen LogP contribution is -2.30. The fourth-order valence-corrected chi connectivity index (χ4v) is 2.82. The van der Waals surface area contributed by atoms with Crippen molar-refractivity contribution in [1.29, 1.82) is 0 Å². The van der Waals surface area contributed by atoms with Crippen molar-refractivity contribution >= 4 is 17.5 Å². The van der Waals surface area contributed by atoms with Gasteiger partial charge in [0.25, 0.3) is 5.91 Å². The van der Waals surface area contributed by atoms with Crippen molar-refractivity contribution in [3.63, 3.8) is 0 Å². The average Bonchev–Trinajstić information content (AvgIpc) is 2.97. The van der Waals surface area contributed by atoms with E-state index in [0.29, 0.717) is 18.1 Å². The van der Waals surface area contributed by atoms with Gasteiger partial charge in [0.05, 0.1) is 5.69 Å². The van der Waals surface area contributed by atoms with Crippen molar-refractivity contribution in [2.24, 2.45) is 5.92 Å². The first-order valence-corrected chi connectivity index (χ1v) is 8.94. The molecule has 1 unspecified atom stereocenters. The third kappa shape index (κ3) is 5.13. The van der Waals surface area contributed by atoms with Gasteiger partial charge in [0.15, 0.2) is 0 Å². The number of nitrogens with one attached hydrogen (secondary N) is 2. The first-order chi connectivity index (χ1) is 13.0. The maximum Gasteiger partial charge on any atom is 0.251 e. The number of nitrogens with zero attached hydrogens (tertiary/aromatic N) is 4. The second-order valence-corrected chi connectivity index (χ2v) is 6.70. The SMILES string of the molecule is Cc1cc(C)n(CC(C)CNC(=O)c2cccc(Nc3ncccn3)c2)n1. The summed E-state index contributed by atoms with van der Waals surface area (Å²) in [5.41, 5.74) is 3.50. The summed E-state index contributed by atoms with van der Waals surface area (Å²) in [6.07, 6.45) is 3.33. The molecule has 3 rings (SSSR count). The van der Waals surface area contributed by atoms with Crippen LogP contribution in [0.5, 0.6) is 0 Å². The summed E-state index contributed by atoms with van der Waals surface area (Å²) in [5.74, 6) is 0.660. The van der Waals surface area contributed by atoms with Gasteiger partial charge < -0.3 is 10.6 Å². The molecule has 0 saturated heterocycles. The smallest absolute Gasteiger partial charge is 0.251 e. The van der Waals surface area contributed by atoms with Crippen LogP contribution in [-0.4, -0.2) is 32.2 Å². The van der Waals surface area contributed by atoms with Crippen LogP contribution >= 0.6 is 0 Å². The lowest BCUT2D eigenvalue weighted by molar-refractivity contribution is 0.0946. The number of carbonyl (C=O) groups excluding carboxylic acids is 1. The van der Waals surface area contributed by atoms with Crippen molar-refractivity contribution in [1.82, 2.24) is 25.1 Å². The second kappa shape index (κ2) is 8.44. The molecule has 7 nitrogen and oxygen atoms in total. The quantitative estimate of drug-likeness (QED) is 0.673. The maximum atomic E-state index is 12.5. The van der Waals surface area contributed by atoms with Gasteiger partial charge in [0.2, 0.25) is 5.95 Å². The summed E-state index contributed by atoms with van der Waals surface area (Å²) in [6, 6.07) is 11.1. The topological polar surface area (TPSA) is 84.7 Å². The zero-order valence-electron chi connectivity index (χ0n) is 15.8. The fraction of sp³-hybridized carbons (Fsp3) is 0.300. The van der Waals surface area contributed by atoms with E-state index in [0.717, 1.165) is 23.6 Å². The lowest BCUT2D eigenvalue weighted by atomic mass is 10.1. The van der Waals surface area contributed by atoms with Crippen molar-refractivity contribution in [3.8, 4) is 0 Å². The van der Waals surface area contributed by atoms with E-state index in [9.17, 15) is 4.79 Å². The summed E-state index contributed by atoms with van der Waals surface area (Å²) in [5, 5.41) is 10.6. The van der Waals surface area contributed by atoms with E-state index in [-0.39, 0.29) is 11.8 Å². The highest BCUT2D eigenvalue weighted by atomic mass is 16.1. The highest BCUT2D eigenvalue weighted by Crippen LogP contribution is 2.14. The molecule has 0 aliphatic rings. The van der Waals surface area contributed by atoms with Crippen molar-refractivity contribution in [3.05, 3.63) is 65.7 Å². The molecule has 2 N–H and O–H groups in total. The number of aromatic nitrogens is 4. The number of hydrogen-bond acceptors (Lipinski definition) is 5. The van der Waals surface area contributed by atoms with Crippen molar-refractivity contribution in [2.45, 2.75) is 27.3 Å². The Kier molecular flexibility index (Phi) is 5.80. The fourth-order valence-electron chi connectivity index (χ4n) is 2.82. The van der Waals surface area contributed by atoms with Crippen molar-refractivity contribution in [2.75, 3.05) is 11.9 Å². The highest BCUT2D eigenvalue weighted by Gasteiger charge is 2.11. The number of hydrogen-bond donors (Lipinski definition) is 2. The molecule has 1 amide bonds. The Bertz CT molecular complexity index is 906. The third-order valence-corrected chi connectivity index (χ3v) is 4.15. The number of rotatable bonds is 7. The average molecular weight is 364 g/mol. The van der Waals surface area contributed by atoms with E-state index in [1.807, 2.05) is 30.7 Å². The number of benzene rings is 1. The molecule has 1 aromatic carbocycles. The van der Waals surface area contributed by atoms with Crippen LogP contribution in [0, 0.1) is 19.8 Å². The molecular weight excluding hydrogens is 340 g/mol. The van der Waals surface area contributed by atoms with E-state index in [1.54, 1.807) is 30.6 Å². The molecule has 0 fully saturated rings. The summed E-state index contributed by atoms with van der Waals surface area (Å²) in [4.78, 5) is 20.7. The largest absolute Gasteiger partial charge is 0.352 e. The molecule has 0 aliphatic carbocycles. The minimum Gasteiger partial charge on any atom is -0.352 e. The predicted molar refractivity (Wildman–Crippen MR) is 105 cm³/mol. The Labute approximate surface area is 158 Å². The number of aryl methyl sites for hydroxylation is 2. The summed E-state index contributed by atoms with van der Waals surface area (Å²) in [7, 11) is 0. The summed E-state index contributed by atoms with van der Waals surface area (Å²) in [6.45, 7) is 7.47. The van der Waals surface area contributed by atoms with E-state index in [2.05, 4.69) is 38.7 Å². The number of amides is 1. The standard InChI is InChI=1S/C20H24N6O/c1-14(13-26-16(3)10-15(2)25-26)12-23-19(27)17-6-4-7-18(11-17)24-20-21-8-5-9-22-20/h4-11,14H,12-13H2,1-3H3,(H,23,27)(H,21,22,24). The summed E-state index contributed by atoms with van der Waals surface area (Å²) < 4.78 is 1.98. The van der Waals surface area contributed by atoms with Crippen LogP contribution in [0.15, 0.2) is 48.8 Å². The molecule has 0 saturated carbocycles. The van der Waals surface area contributed by atoms with E-state index in [1.165, 1.54) is 0 Å². The van der Waals surface area contributed by atoms with Crippen LogP contribution in [0.25, 0.3) is 0 Å². The molecule has 0 radical (unpaired) electrons. The van der Waals surface area contributed by atoms with Gasteiger partial charge >= 0.3 is 0 Å². The normalized spacial score (nSPS) is 11.8. The molecule has 140 valence electrons. The molecule has 1 atom stereocenters. The zero-order valence-corrected chi connectivity index (χ0v) is 15.8. The third-order valence-electron chi connectivity index (χ3n) is 4.15. The van der Waals surface area contributed by atoms with Gasteiger partial charge in [-0.05, 0) is 50.1 Å². The van der Waals surface area contributed by atoms with E-state index in [4.69, 9.17) is 0 Å². The molecule has 0 aliphatic heterocycles. The van der Waals surface area contributed by atoms with Gasteiger partial charge in [-0.2, -0.15) is 5.10 Å². The maximum absolute atomic E-state index is 12.5. The molecule has 27 heavy (non-hydrogen) atoms. The molecule has 0 bridgehead atoms. The minimum absolute atomic E-state index is 0.104. The summed E-state index contributed by atoms with van der Waals surface area (Å²) >= 11 is 0. The van der Waals surface area contributed by atoms with Gasteiger partial charge in [0, 0.05) is 42.4 Å². The van der Waals surface area contributed by atoms with Gasteiger partial charge in [-0.3, -0.25) is 9.48 Å². The van der Waals surface area contributed by atoms with Crippen LogP contribution in [0.4, 0.5) is 11.6 Å². The van der Waals surface area contributed by atoms with E-state index >= 15 is 0 Å². The monoisotopic (exact) mass is 364 g/mol. The minimum atomic E-state index is -0.104. The lowest BCUT2D eigenvalue weighted by Gasteiger charge is -2.14. The van der Waals surface area contributed by atoms with E-state index < -0.39 is 0 Å². The van der Waals surface area contributed by atoms with Crippen LogP contribution in [0.1, 0.15) is 28.7 Å². The first-order valence-electron chi connectivity index (χ1n) is 8.94. The number of carbonyl (C=O) groups is 1. The van der Waals surface area contributed by atoms with Gasteiger partial charge in [-0.1, -0.05) is 13.0 Å². The van der Waals surface area contributed by atoms with Gasteiger partial charge in [0.1, 0.15) is 0 Å². The molecule has 3 aromatic rings. The Morgan fingerprint density at radius 1 is 1.15 bits per heavy atom. The van der Waals surface area contributed by atoms with Crippen LogP contribution in [-0.2, 0) is 6.54 Å². The Morgan fingerprint density at radius 3 is 2.63 bits per heavy atom. The zero-order chi connectivity index (χ0) is 19.2. The Morgan fingerprint density at radius 2 is 1.93 bits per heavy atom. The Balaban J connectivity index is 1.56. The predicted octanol–water partition coefficient (Wildman–Crippen LogP) is 3.10. The first kappa shape index (κ1) is 18.6. The molecule has 2 heterocycles. The van der Waals surface area contributed by atoms with Crippen LogP contribution in [0.3, 0.4) is 0 Å².